The van der Waals surface area contributed by atoms with Crippen molar-refractivity contribution in [3.8, 4) is 6.07 Å². The highest BCUT2D eigenvalue weighted by molar-refractivity contribution is 7.89. The van der Waals surface area contributed by atoms with Gasteiger partial charge in [0.2, 0.25) is 15.9 Å². The second-order valence-corrected chi connectivity index (χ2v) is 7.09. The minimum absolute atomic E-state index is 0.0483. The minimum atomic E-state index is -3.80. The summed E-state index contributed by atoms with van der Waals surface area (Å²) >= 11 is 0. The third-order valence-corrected chi connectivity index (χ3v) is 5.37. The summed E-state index contributed by atoms with van der Waals surface area (Å²) in [7, 11) is -3.80. The summed E-state index contributed by atoms with van der Waals surface area (Å²) in [6.45, 7) is 0.311. The molecule has 0 saturated heterocycles. The number of hydrogen-bond donors (Lipinski definition) is 1. The maximum absolute atomic E-state index is 12.3. The molecule has 0 aliphatic carbocycles. The number of sulfonamides is 1. The maximum atomic E-state index is 12.3. The number of para-hydroxylation sites is 1. The van der Waals surface area contributed by atoms with Gasteiger partial charge in [-0.3, -0.25) is 4.79 Å². The van der Waals surface area contributed by atoms with Crippen LogP contribution in [0.4, 0.5) is 5.69 Å². The van der Waals surface area contributed by atoms with Gasteiger partial charge >= 0.3 is 0 Å². The van der Waals surface area contributed by atoms with Crippen LogP contribution >= 0.6 is 0 Å². The van der Waals surface area contributed by atoms with E-state index >= 15 is 0 Å². The standard InChI is InChI=1S/C17H15N3O3S/c18-12-14-6-2-4-8-16(14)24(22,23)19-9-10-20-15-7-3-1-5-13(15)11-17(20)21/h1-8,19H,9-11H2. The zero-order valence-corrected chi connectivity index (χ0v) is 13.6. The molecule has 0 bridgehead atoms. The summed E-state index contributed by atoms with van der Waals surface area (Å²) < 4.78 is 27.1. The van der Waals surface area contributed by atoms with Gasteiger partial charge in [-0.2, -0.15) is 5.26 Å². The van der Waals surface area contributed by atoms with Crippen LogP contribution in [0.3, 0.4) is 0 Å². The molecule has 2 aromatic carbocycles. The SMILES string of the molecule is N#Cc1ccccc1S(=O)(=O)NCCN1C(=O)Cc2ccccc21. The smallest absolute Gasteiger partial charge is 0.241 e. The molecule has 0 fully saturated rings. The molecule has 122 valence electrons. The Morgan fingerprint density at radius 3 is 2.62 bits per heavy atom. The van der Waals surface area contributed by atoms with E-state index < -0.39 is 10.0 Å². The van der Waals surface area contributed by atoms with Gasteiger partial charge in [-0.05, 0) is 23.8 Å². The van der Waals surface area contributed by atoms with Crippen molar-refractivity contribution >= 4 is 21.6 Å². The van der Waals surface area contributed by atoms with Gasteiger partial charge in [0.1, 0.15) is 6.07 Å². The first-order valence-electron chi connectivity index (χ1n) is 7.40. The molecule has 0 radical (unpaired) electrons. The van der Waals surface area contributed by atoms with Gasteiger partial charge in [0.05, 0.1) is 16.9 Å². The first-order valence-corrected chi connectivity index (χ1v) is 8.88. The average Bonchev–Trinajstić information content (AvgIpc) is 2.90. The highest BCUT2D eigenvalue weighted by Gasteiger charge is 2.27. The Labute approximate surface area is 140 Å². The van der Waals surface area contributed by atoms with E-state index in [1.54, 1.807) is 17.0 Å². The predicted molar refractivity (Wildman–Crippen MR) is 88.8 cm³/mol. The molecule has 0 atom stereocenters. The van der Waals surface area contributed by atoms with Gasteiger partial charge in [0.15, 0.2) is 0 Å². The van der Waals surface area contributed by atoms with E-state index in [4.69, 9.17) is 5.26 Å². The van der Waals surface area contributed by atoms with Crippen LogP contribution in [0.2, 0.25) is 0 Å². The Balaban J connectivity index is 1.71. The zero-order chi connectivity index (χ0) is 17.2. The van der Waals surface area contributed by atoms with Gasteiger partial charge in [0.25, 0.3) is 0 Å². The highest BCUT2D eigenvalue weighted by Crippen LogP contribution is 2.27. The Morgan fingerprint density at radius 2 is 1.83 bits per heavy atom. The number of nitrogens with one attached hydrogen (secondary N) is 1. The number of hydrogen-bond acceptors (Lipinski definition) is 4. The third-order valence-electron chi connectivity index (χ3n) is 3.85. The molecular formula is C17H15N3O3S. The molecule has 1 N–H and O–H groups in total. The molecule has 0 unspecified atom stereocenters. The fraction of sp³-hybridized carbons (Fsp3) is 0.176. The first-order chi connectivity index (χ1) is 11.5. The molecule has 0 aromatic heterocycles. The van der Waals surface area contributed by atoms with Crippen LogP contribution < -0.4 is 9.62 Å². The summed E-state index contributed by atoms with van der Waals surface area (Å²) in [6, 6.07) is 15.3. The number of amides is 1. The molecule has 1 aliphatic heterocycles. The molecule has 24 heavy (non-hydrogen) atoms. The van der Waals surface area contributed by atoms with Gasteiger partial charge in [-0.25, -0.2) is 13.1 Å². The van der Waals surface area contributed by atoms with Gasteiger partial charge in [-0.15, -0.1) is 0 Å². The number of nitriles is 1. The van der Waals surface area contributed by atoms with Gasteiger partial charge in [-0.1, -0.05) is 30.3 Å². The number of fused-ring (bicyclic) bond motifs is 1. The van der Waals surface area contributed by atoms with Crippen LogP contribution in [-0.2, 0) is 21.2 Å². The third kappa shape index (κ3) is 3.02. The first kappa shape index (κ1) is 16.2. The largest absolute Gasteiger partial charge is 0.311 e. The summed E-state index contributed by atoms with van der Waals surface area (Å²) in [5.41, 5.74) is 1.85. The van der Waals surface area contributed by atoms with E-state index in [9.17, 15) is 13.2 Å². The normalized spacial score (nSPS) is 13.6. The van der Waals surface area contributed by atoms with Gasteiger partial charge < -0.3 is 4.90 Å². The van der Waals surface area contributed by atoms with E-state index in [2.05, 4.69) is 4.72 Å². The van der Waals surface area contributed by atoms with Crippen LogP contribution in [0.5, 0.6) is 0 Å². The van der Waals surface area contributed by atoms with Crippen molar-refractivity contribution in [2.45, 2.75) is 11.3 Å². The lowest BCUT2D eigenvalue weighted by atomic mass is 10.2. The molecule has 7 heteroatoms. The topological polar surface area (TPSA) is 90.3 Å². The number of anilines is 1. The lowest BCUT2D eigenvalue weighted by molar-refractivity contribution is -0.117. The molecular weight excluding hydrogens is 326 g/mol. The number of carbonyl (C=O) groups is 1. The Hall–Kier alpha value is -2.69. The van der Waals surface area contributed by atoms with Crippen LogP contribution in [0, 0.1) is 11.3 Å². The number of carbonyl (C=O) groups excluding carboxylic acids is 1. The molecule has 0 spiro atoms. The van der Waals surface area contributed by atoms with Crippen molar-refractivity contribution in [2.24, 2.45) is 0 Å². The average molecular weight is 341 g/mol. The van der Waals surface area contributed by atoms with Gasteiger partial charge in [0, 0.05) is 18.8 Å². The lowest BCUT2D eigenvalue weighted by Crippen LogP contribution is -2.36. The van der Waals surface area contributed by atoms with Crippen molar-refractivity contribution in [2.75, 3.05) is 18.0 Å². The summed E-state index contributed by atoms with van der Waals surface area (Å²) in [5, 5.41) is 9.03. The van der Waals surface area contributed by atoms with Crippen LogP contribution in [-0.4, -0.2) is 27.4 Å². The fourth-order valence-electron chi connectivity index (χ4n) is 2.72. The number of rotatable bonds is 5. The molecule has 2 aromatic rings. The zero-order valence-electron chi connectivity index (χ0n) is 12.8. The van der Waals surface area contributed by atoms with Crippen LogP contribution in [0.15, 0.2) is 53.4 Å². The van der Waals surface area contributed by atoms with E-state index in [1.165, 1.54) is 12.1 Å². The number of nitrogens with zero attached hydrogens (tertiary/aromatic N) is 2. The van der Waals surface area contributed by atoms with Crippen molar-refractivity contribution in [1.29, 1.82) is 5.26 Å². The molecule has 1 aliphatic rings. The predicted octanol–water partition coefficient (Wildman–Crippen LogP) is 1.43. The van der Waals surface area contributed by atoms with E-state index in [1.807, 2.05) is 30.3 Å². The van der Waals surface area contributed by atoms with E-state index in [0.717, 1.165) is 11.3 Å². The fourth-order valence-corrected chi connectivity index (χ4v) is 3.90. The summed E-state index contributed by atoms with van der Waals surface area (Å²) in [4.78, 5) is 13.6. The van der Waals surface area contributed by atoms with Crippen LogP contribution in [0.25, 0.3) is 0 Å². The van der Waals surface area contributed by atoms with Crippen molar-refractivity contribution in [1.82, 2.24) is 4.72 Å². The van der Waals surface area contributed by atoms with Crippen molar-refractivity contribution < 1.29 is 13.2 Å². The second-order valence-electron chi connectivity index (χ2n) is 5.36. The highest BCUT2D eigenvalue weighted by atomic mass is 32.2. The molecule has 3 rings (SSSR count). The minimum Gasteiger partial charge on any atom is -0.311 e. The maximum Gasteiger partial charge on any atom is 0.241 e. The lowest BCUT2D eigenvalue weighted by Gasteiger charge is -2.17. The Bertz CT molecular complexity index is 932. The molecule has 1 heterocycles. The van der Waals surface area contributed by atoms with Crippen molar-refractivity contribution in [3.63, 3.8) is 0 Å². The summed E-state index contributed by atoms with van der Waals surface area (Å²) in [6.07, 6.45) is 0.334. The van der Waals surface area contributed by atoms with Crippen LogP contribution in [0.1, 0.15) is 11.1 Å². The molecule has 1 amide bonds. The summed E-state index contributed by atoms with van der Waals surface area (Å²) in [5.74, 6) is -0.0483. The second kappa shape index (κ2) is 6.43. The van der Waals surface area contributed by atoms with Crippen molar-refractivity contribution in [3.05, 3.63) is 59.7 Å². The van der Waals surface area contributed by atoms with E-state index in [0.29, 0.717) is 6.42 Å². The number of benzene rings is 2. The monoisotopic (exact) mass is 341 g/mol. The quantitative estimate of drug-likeness (QED) is 0.891. The van der Waals surface area contributed by atoms with E-state index in [-0.39, 0.29) is 29.5 Å². The molecule has 0 saturated carbocycles. The Morgan fingerprint density at radius 1 is 1.12 bits per heavy atom. The molecule has 6 nitrogen and oxygen atoms in total. The Kier molecular flexibility index (Phi) is 4.34.